The summed E-state index contributed by atoms with van der Waals surface area (Å²) in [6.07, 6.45) is 0.0719. The molecule has 0 aliphatic rings. The van der Waals surface area contributed by atoms with Crippen molar-refractivity contribution in [3.63, 3.8) is 0 Å². The van der Waals surface area contributed by atoms with E-state index in [-0.39, 0.29) is 30.1 Å². The maximum Gasteiger partial charge on any atom is 0.336 e. The van der Waals surface area contributed by atoms with Gasteiger partial charge in [-0.15, -0.1) is 0 Å². The van der Waals surface area contributed by atoms with Crippen molar-refractivity contribution in [3.8, 4) is 17.2 Å². The summed E-state index contributed by atoms with van der Waals surface area (Å²) in [6, 6.07) is 21.2. The van der Waals surface area contributed by atoms with E-state index >= 15 is 0 Å². The summed E-state index contributed by atoms with van der Waals surface area (Å²) >= 11 is 0. The molecule has 4 rings (SSSR count). The van der Waals surface area contributed by atoms with Crippen LogP contribution in [-0.4, -0.2) is 18.2 Å². The predicted octanol–water partition coefficient (Wildman–Crippen LogP) is 4.37. The molecule has 1 heterocycles. The van der Waals surface area contributed by atoms with E-state index < -0.39 is 11.6 Å². The molecule has 0 unspecified atom stereocenters. The van der Waals surface area contributed by atoms with Crippen LogP contribution in [0, 0.1) is 0 Å². The van der Waals surface area contributed by atoms with Crippen LogP contribution in [0.25, 0.3) is 11.0 Å². The molecule has 0 saturated heterocycles. The van der Waals surface area contributed by atoms with Crippen molar-refractivity contribution >= 4 is 16.9 Å². The largest absolute Gasteiger partial charge is 0.504 e. The van der Waals surface area contributed by atoms with Gasteiger partial charge in [0.1, 0.15) is 24.5 Å². The second-order valence-electron chi connectivity index (χ2n) is 7.37. The van der Waals surface area contributed by atoms with Gasteiger partial charge in [0, 0.05) is 23.1 Å². The quantitative estimate of drug-likeness (QED) is 0.317. The zero-order valence-corrected chi connectivity index (χ0v) is 17.9. The SMILES string of the molecule is COc1cc2c(COC(=O)Cc3ccc(OCc4ccccc4)cc3)cc(=O)oc2cc1O. The van der Waals surface area contributed by atoms with Crippen LogP contribution >= 0.6 is 0 Å². The maximum atomic E-state index is 12.4. The first kappa shape index (κ1) is 22.0. The molecule has 0 amide bonds. The van der Waals surface area contributed by atoms with Crippen LogP contribution in [0.3, 0.4) is 0 Å². The molecule has 1 N–H and O–H groups in total. The monoisotopic (exact) mass is 446 g/mol. The smallest absolute Gasteiger partial charge is 0.336 e. The van der Waals surface area contributed by atoms with E-state index in [1.807, 2.05) is 42.5 Å². The van der Waals surface area contributed by atoms with Crippen LogP contribution in [0.4, 0.5) is 0 Å². The zero-order chi connectivity index (χ0) is 23.2. The minimum absolute atomic E-state index is 0.0719. The number of fused-ring (bicyclic) bond motifs is 1. The number of hydrogen-bond donors (Lipinski definition) is 1. The number of hydrogen-bond acceptors (Lipinski definition) is 7. The van der Waals surface area contributed by atoms with Crippen molar-refractivity contribution in [2.24, 2.45) is 0 Å². The lowest BCUT2D eigenvalue weighted by molar-refractivity contribution is -0.144. The zero-order valence-electron chi connectivity index (χ0n) is 17.9. The highest BCUT2D eigenvalue weighted by Crippen LogP contribution is 2.32. The van der Waals surface area contributed by atoms with Crippen molar-refractivity contribution in [2.75, 3.05) is 7.11 Å². The standard InChI is InChI=1S/C26H22O7/c1-30-24-13-21-19(12-26(29)33-23(21)14-22(24)27)16-32-25(28)11-17-7-9-20(10-8-17)31-15-18-5-3-2-4-6-18/h2-10,12-14,27H,11,15-16H2,1H3. The Bertz CT molecular complexity index is 1310. The van der Waals surface area contributed by atoms with E-state index in [1.165, 1.54) is 25.3 Å². The number of ether oxygens (including phenoxy) is 3. The number of carbonyl (C=O) groups excluding carboxylic acids is 1. The van der Waals surface area contributed by atoms with E-state index in [0.717, 1.165) is 11.1 Å². The molecule has 7 nitrogen and oxygen atoms in total. The van der Waals surface area contributed by atoms with Gasteiger partial charge in [0.25, 0.3) is 0 Å². The van der Waals surface area contributed by atoms with Gasteiger partial charge in [0.05, 0.1) is 13.5 Å². The van der Waals surface area contributed by atoms with Crippen molar-refractivity contribution < 1.29 is 28.5 Å². The molecule has 0 aliphatic carbocycles. The van der Waals surface area contributed by atoms with Crippen molar-refractivity contribution in [1.82, 2.24) is 0 Å². The number of esters is 1. The Labute approximate surface area is 189 Å². The highest BCUT2D eigenvalue weighted by atomic mass is 16.5. The number of aromatic hydroxyl groups is 1. The summed E-state index contributed by atoms with van der Waals surface area (Å²) in [6.45, 7) is 0.344. The Hall–Kier alpha value is -4.26. The first-order valence-electron chi connectivity index (χ1n) is 10.3. The van der Waals surface area contributed by atoms with Crippen LogP contribution in [0.2, 0.25) is 0 Å². The van der Waals surface area contributed by atoms with Gasteiger partial charge in [-0.1, -0.05) is 42.5 Å². The van der Waals surface area contributed by atoms with E-state index in [0.29, 0.717) is 23.3 Å². The van der Waals surface area contributed by atoms with Gasteiger partial charge in [0.15, 0.2) is 11.5 Å². The summed E-state index contributed by atoms with van der Waals surface area (Å²) in [4.78, 5) is 24.2. The number of benzene rings is 3. The summed E-state index contributed by atoms with van der Waals surface area (Å²) in [5.41, 5.74) is 1.87. The molecular weight excluding hydrogens is 424 g/mol. The molecule has 33 heavy (non-hydrogen) atoms. The van der Waals surface area contributed by atoms with Gasteiger partial charge in [-0.3, -0.25) is 4.79 Å². The fourth-order valence-electron chi connectivity index (χ4n) is 3.35. The molecule has 0 saturated carbocycles. The van der Waals surface area contributed by atoms with Crippen molar-refractivity contribution in [3.05, 3.63) is 99.9 Å². The molecular formula is C26H22O7. The molecule has 1 aromatic heterocycles. The summed E-state index contributed by atoms with van der Waals surface area (Å²) in [5, 5.41) is 10.4. The fraction of sp³-hybridized carbons (Fsp3) is 0.154. The molecule has 4 aromatic rings. The van der Waals surface area contributed by atoms with Gasteiger partial charge in [0.2, 0.25) is 0 Å². The van der Waals surface area contributed by atoms with E-state index in [4.69, 9.17) is 18.6 Å². The molecule has 0 atom stereocenters. The van der Waals surface area contributed by atoms with Crippen LogP contribution in [0.1, 0.15) is 16.7 Å². The van der Waals surface area contributed by atoms with Crippen molar-refractivity contribution in [1.29, 1.82) is 0 Å². The van der Waals surface area contributed by atoms with Gasteiger partial charge in [-0.25, -0.2) is 4.79 Å². The predicted molar refractivity (Wildman–Crippen MR) is 121 cm³/mol. The first-order valence-corrected chi connectivity index (χ1v) is 10.3. The van der Waals surface area contributed by atoms with Crippen LogP contribution in [-0.2, 0) is 29.2 Å². The van der Waals surface area contributed by atoms with Crippen LogP contribution in [0.15, 0.2) is 82.0 Å². The minimum Gasteiger partial charge on any atom is -0.504 e. The molecule has 0 aliphatic heterocycles. The summed E-state index contributed by atoms with van der Waals surface area (Å²) < 4.78 is 21.4. The Morgan fingerprint density at radius 2 is 1.70 bits per heavy atom. The third kappa shape index (κ3) is 5.51. The number of methoxy groups -OCH3 is 1. The highest BCUT2D eigenvalue weighted by molar-refractivity contribution is 5.84. The van der Waals surface area contributed by atoms with Crippen molar-refractivity contribution in [2.45, 2.75) is 19.6 Å². The topological polar surface area (TPSA) is 95.2 Å². The lowest BCUT2D eigenvalue weighted by Gasteiger charge is -2.10. The third-order valence-electron chi connectivity index (χ3n) is 5.04. The normalized spacial score (nSPS) is 10.7. The lowest BCUT2D eigenvalue weighted by atomic mass is 10.1. The second kappa shape index (κ2) is 9.91. The fourth-order valence-corrected chi connectivity index (χ4v) is 3.35. The molecule has 7 heteroatoms. The van der Waals surface area contributed by atoms with Crippen LogP contribution in [0.5, 0.6) is 17.2 Å². The molecule has 0 radical (unpaired) electrons. The third-order valence-corrected chi connectivity index (χ3v) is 5.04. The Morgan fingerprint density at radius 3 is 2.42 bits per heavy atom. The minimum atomic E-state index is -0.607. The number of phenolic OH excluding ortho intramolecular Hbond substituents is 1. The molecule has 0 bridgehead atoms. The molecule has 3 aromatic carbocycles. The highest BCUT2D eigenvalue weighted by Gasteiger charge is 2.13. The van der Waals surface area contributed by atoms with Gasteiger partial charge in [-0.05, 0) is 29.3 Å². The van der Waals surface area contributed by atoms with Crippen LogP contribution < -0.4 is 15.1 Å². The Kier molecular flexibility index (Phi) is 6.59. The number of phenols is 1. The van der Waals surface area contributed by atoms with Gasteiger partial charge >= 0.3 is 11.6 Å². The second-order valence-corrected chi connectivity index (χ2v) is 7.37. The summed E-state index contributed by atoms with van der Waals surface area (Å²) in [5.74, 6) is 0.327. The molecule has 0 spiro atoms. The Morgan fingerprint density at radius 1 is 0.939 bits per heavy atom. The lowest BCUT2D eigenvalue weighted by Crippen LogP contribution is -2.10. The summed E-state index contributed by atoms with van der Waals surface area (Å²) in [7, 11) is 1.41. The molecule has 168 valence electrons. The van der Waals surface area contributed by atoms with Gasteiger partial charge < -0.3 is 23.7 Å². The van der Waals surface area contributed by atoms with Gasteiger partial charge in [-0.2, -0.15) is 0 Å². The van der Waals surface area contributed by atoms with E-state index in [9.17, 15) is 14.7 Å². The average molecular weight is 446 g/mol. The number of rotatable bonds is 8. The van der Waals surface area contributed by atoms with E-state index in [1.54, 1.807) is 12.1 Å². The number of carbonyl (C=O) groups is 1. The first-order chi connectivity index (χ1) is 16.0. The van der Waals surface area contributed by atoms with E-state index in [2.05, 4.69) is 0 Å². The average Bonchev–Trinajstić information content (AvgIpc) is 2.82. The molecule has 0 fully saturated rings. The maximum absolute atomic E-state index is 12.4. The Balaban J connectivity index is 1.37.